The van der Waals surface area contributed by atoms with Crippen LogP contribution in [0.25, 0.3) is 0 Å². The Bertz CT molecular complexity index is 629. The summed E-state index contributed by atoms with van der Waals surface area (Å²) >= 11 is 5.91. The van der Waals surface area contributed by atoms with Gasteiger partial charge in [-0.15, -0.1) is 0 Å². The van der Waals surface area contributed by atoms with Crippen LogP contribution in [0.15, 0.2) is 30.5 Å². The Labute approximate surface area is 128 Å². The standard InChI is InChI=1S/C15H16ClN3O2/c1-10-18-8-13(16)14(19-10)15(21)17-7-6-11-2-4-12(9-20)5-3-11/h2-5,8,20H,6-7,9H2,1H3,(H,17,21). The molecule has 0 atom stereocenters. The highest BCUT2D eigenvalue weighted by molar-refractivity contribution is 6.33. The van der Waals surface area contributed by atoms with Gasteiger partial charge in [0.25, 0.3) is 5.91 Å². The van der Waals surface area contributed by atoms with Crippen LogP contribution in [0.2, 0.25) is 5.02 Å². The van der Waals surface area contributed by atoms with Gasteiger partial charge in [-0.1, -0.05) is 35.9 Å². The van der Waals surface area contributed by atoms with Gasteiger partial charge in [0.15, 0.2) is 0 Å². The average Bonchev–Trinajstić information content (AvgIpc) is 2.50. The van der Waals surface area contributed by atoms with E-state index in [1.807, 2.05) is 24.3 Å². The maximum Gasteiger partial charge on any atom is 0.271 e. The van der Waals surface area contributed by atoms with Crippen LogP contribution in [0, 0.1) is 6.92 Å². The van der Waals surface area contributed by atoms with Gasteiger partial charge < -0.3 is 10.4 Å². The second-order valence-electron chi connectivity index (χ2n) is 4.59. The van der Waals surface area contributed by atoms with Crippen LogP contribution in [0.5, 0.6) is 0 Å². The molecule has 5 nitrogen and oxygen atoms in total. The molecule has 2 N–H and O–H groups in total. The second-order valence-corrected chi connectivity index (χ2v) is 5.00. The largest absolute Gasteiger partial charge is 0.392 e. The summed E-state index contributed by atoms with van der Waals surface area (Å²) in [7, 11) is 0. The van der Waals surface area contributed by atoms with Gasteiger partial charge >= 0.3 is 0 Å². The van der Waals surface area contributed by atoms with Crippen molar-refractivity contribution in [3.05, 3.63) is 58.1 Å². The third kappa shape index (κ3) is 4.24. The van der Waals surface area contributed by atoms with Gasteiger partial charge in [-0.3, -0.25) is 4.79 Å². The maximum atomic E-state index is 12.0. The zero-order valence-electron chi connectivity index (χ0n) is 11.6. The fourth-order valence-corrected chi connectivity index (χ4v) is 2.01. The number of aryl methyl sites for hydroxylation is 1. The van der Waals surface area contributed by atoms with Crippen LogP contribution in [0.1, 0.15) is 27.4 Å². The molecule has 21 heavy (non-hydrogen) atoms. The van der Waals surface area contributed by atoms with Gasteiger partial charge in [-0.05, 0) is 24.5 Å². The van der Waals surface area contributed by atoms with Crippen LogP contribution >= 0.6 is 11.6 Å². The summed E-state index contributed by atoms with van der Waals surface area (Å²) in [6, 6.07) is 7.59. The highest BCUT2D eigenvalue weighted by Crippen LogP contribution is 2.11. The first-order valence-corrected chi connectivity index (χ1v) is 6.94. The molecule has 0 unspecified atom stereocenters. The SMILES string of the molecule is Cc1ncc(Cl)c(C(=O)NCCc2ccc(CO)cc2)n1. The van der Waals surface area contributed by atoms with Crippen molar-refractivity contribution in [1.29, 1.82) is 0 Å². The first-order valence-electron chi connectivity index (χ1n) is 6.56. The molecule has 0 fully saturated rings. The Morgan fingerprint density at radius 3 is 2.62 bits per heavy atom. The number of aliphatic hydroxyl groups excluding tert-OH is 1. The monoisotopic (exact) mass is 305 g/mol. The van der Waals surface area contributed by atoms with Crippen molar-refractivity contribution in [2.24, 2.45) is 0 Å². The minimum Gasteiger partial charge on any atom is -0.392 e. The van der Waals surface area contributed by atoms with Crippen molar-refractivity contribution >= 4 is 17.5 Å². The number of halogens is 1. The van der Waals surface area contributed by atoms with Crippen molar-refractivity contribution < 1.29 is 9.90 Å². The number of carbonyl (C=O) groups excluding carboxylic acids is 1. The second kappa shape index (κ2) is 7.15. The van der Waals surface area contributed by atoms with Gasteiger partial charge in [0.1, 0.15) is 11.5 Å². The first-order chi connectivity index (χ1) is 10.1. The lowest BCUT2D eigenvalue weighted by atomic mass is 10.1. The van der Waals surface area contributed by atoms with Crippen LogP contribution in [-0.4, -0.2) is 27.5 Å². The van der Waals surface area contributed by atoms with E-state index in [1.54, 1.807) is 6.92 Å². The van der Waals surface area contributed by atoms with Crippen LogP contribution in [0.3, 0.4) is 0 Å². The van der Waals surface area contributed by atoms with E-state index in [2.05, 4.69) is 15.3 Å². The molecule has 2 rings (SSSR count). The van der Waals surface area contributed by atoms with Crippen LogP contribution in [0.4, 0.5) is 0 Å². The van der Waals surface area contributed by atoms with E-state index in [0.717, 1.165) is 11.1 Å². The first kappa shape index (κ1) is 15.4. The summed E-state index contributed by atoms with van der Waals surface area (Å²) in [5.74, 6) is 0.196. The molecule has 0 aliphatic rings. The van der Waals surface area contributed by atoms with E-state index in [1.165, 1.54) is 6.20 Å². The van der Waals surface area contributed by atoms with Gasteiger partial charge in [-0.25, -0.2) is 9.97 Å². The maximum absolute atomic E-state index is 12.0. The number of aromatic nitrogens is 2. The molecule has 0 spiro atoms. The lowest BCUT2D eigenvalue weighted by molar-refractivity contribution is 0.0949. The van der Waals surface area contributed by atoms with E-state index in [4.69, 9.17) is 16.7 Å². The lowest BCUT2D eigenvalue weighted by Gasteiger charge is -2.07. The highest BCUT2D eigenvalue weighted by atomic mass is 35.5. The number of rotatable bonds is 5. The fourth-order valence-electron chi connectivity index (χ4n) is 1.83. The van der Waals surface area contributed by atoms with Gasteiger partial charge in [0.2, 0.25) is 0 Å². The molecule has 0 saturated carbocycles. The molecular formula is C15H16ClN3O2. The summed E-state index contributed by atoms with van der Waals surface area (Å²) in [5, 5.41) is 12.0. The predicted molar refractivity (Wildman–Crippen MR) is 80.2 cm³/mol. The molecule has 0 saturated heterocycles. The van der Waals surface area contributed by atoms with E-state index < -0.39 is 0 Å². The quantitative estimate of drug-likeness (QED) is 0.885. The zero-order chi connectivity index (χ0) is 15.2. The Balaban J connectivity index is 1.90. The van der Waals surface area contributed by atoms with Crippen LogP contribution < -0.4 is 5.32 Å². The average molecular weight is 306 g/mol. The van der Waals surface area contributed by atoms with Gasteiger partial charge in [0, 0.05) is 6.54 Å². The minimum absolute atomic E-state index is 0.0303. The van der Waals surface area contributed by atoms with Crippen molar-refractivity contribution in [2.45, 2.75) is 20.0 Å². The topological polar surface area (TPSA) is 75.1 Å². The molecule has 1 heterocycles. The molecule has 1 aromatic heterocycles. The highest BCUT2D eigenvalue weighted by Gasteiger charge is 2.12. The van der Waals surface area contributed by atoms with E-state index in [9.17, 15) is 4.79 Å². The molecule has 0 aliphatic carbocycles. The summed E-state index contributed by atoms with van der Waals surface area (Å²) < 4.78 is 0. The molecule has 2 aromatic rings. The van der Waals surface area contributed by atoms with Crippen molar-refractivity contribution in [1.82, 2.24) is 15.3 Å². The summed E-state index contributed by atoms with van der Waals surface area (Å²) in [6.07, 6.45) is 2.12. The van der Waals surface area contributed by atoms with E-state index >= 15 is 0 Å². The third-order valence-electron chi connectivity index (χ3n) is 2.98. The zero-order valence-corrected chi connectivity index (χ0v) is 12.4. The number of benzene rings is 1. The van der Waals surface area contributed by atoms with E-state index in [0.29, 0.717) is 18.8 Å². The fraction of sp³-hybridized carbons (Fsp3) is 0.267. The summed E-state index contributed by atoms with van der Waals surface area (Å²) in [6.45, 7) is 2.22. The summed E-state index contributed by atoms with van der Waals surface area (Å²) in [5.41, 5.74) is 2.14. The molecule has 0 radical (unpaired) electrons. The smallest absolute Gasteiger partial charge is 0.271 e. The van der Waals surface area contributed by atoms with Crippen molar-refractivity contribution in [3.63, 3.8) is 0 Å². The Morgan fingerprint density at radius 1 is 1.29 bits per heavy atom. The van der Waals surface area contributed by atoms with Crippen LogP contribution in [-0.2, 0) is 13.0 Å². The van der Waals surface area contributed by atoms with Crippen molar-refractivity contribution in [2.75, 3.05) is 6.54 Å². The minimum atomic E-state index is -0.308. The summed E-state index contributed by atoms with van der Waals surface area (Å²) in [4.78, 5) is 20.0. The number of carbonyl (C=O) groups is 1. The Morgan fingerprint density at radius 2 is 1.95 bits per heavy atom. The number of nitrogens with one attached hydrogen (secondary N) is 1. The predicted octanol–water partition coefficient (Wildman–Crippen LogP) is 1.90. The molecule has 0 bridgehead atoms. The Kier molecular flexibility index (Phi) is 5.25. The lowest BCUT2D eigenvalue weighted by Crippen LogP contribution is -2.27. The van der Waals surface area contributed by atoms with Gasteiger partial charge in [-0.2, -0.15) is 0 Å². The molecular weight excluding hydrogens is 290 g/mol. The number of hydrogen-bond donors (Lipinski definition) is 2. The van der Waals surface area contributed by atoms with Crippen molar-refractivity contribution in [3.8, 4) is 0 Å². The molecule has 1 amide bonds. The number of hydrogen-bond acceptors (Lipinski definition) is 4. The molecule has 110 valence electrons. The normalized spacial score (nSPS) is 10.4. The van der Waals surface area contributed by atoms with Gasteiger partial charge in [0.05, 0.1) is 17.8 Å². The number of nitrogens with zero attached hydrogens (tertiary/aromatic N) is 2. The van der Waals surface area contributed by atoms with E-state index in [-0.39, 0.29) is 23.2 Å². The number of amides is 1. The molecule has 1 aromatic carbocycles. The Hall–Kier alpha value is -1.98. The number of aliphatic hydroxyl groups is 1. The molecule has 0 aliphatic heterocycles. The molecule has 6 heteroatoms. The third-order valence-corrected chi connectivity index (χ3v) is 3.26.